The minimum Gasteiger partial charge on any atom is -0.338 e. The third-order valence-electron chi connectivity index (χ3n) is 2.40. The molecule has 0 unspecified atom stereocenters. The Morgan fingerprint density at radius 1 is 1.21 bits per heavy atom. The molecular formula is C12H9BrF3N3. The Balaban J connectivity index is 2.38. The number of hydrogen-bond donors (Lipinski definition) is 1. The van der Waals surface area contributed by atoms with Crippen LogP contribution in [0.4, 0.5) is 24.7 Å². The first-order valence-electron chi connectivity index (χ1n) is 5.30. The summed E-state index contributed by atoms with van der Waals surface area (Å²) in [4.78, 5) is 7.62. The highest BCUT2D eigenvalue weighted by Crippen LogP contribution is 2.32. The van der Waals surface area contributed by atoms with E-state index in [1.165, 1.54) is 6.07 Å². The summed E-state index contributed by atoms with van der Waals surface area (Å²) in [5.74, 6) is 0.103. The maximum atomic E-state index is 12.6. The highest BCUT2D eigenvalue weighted by atomic mass is 79.9. The fourth-order valence-corrected chi connectivity index (χ4v) is 1.75. The van der Waals surface area contributed by atoms with E-state index < -0.39 is 11.9 Å². The second kappa shape index (κ2) is 5.16. The first kappa shape index (κ1) is 13.8. The SMILES string of the molecule is Cc1ncccc1Nc1nc(C(F)(F)F)ccc1Br. The molecule has 0 atom stereocenters. The highest BCUT2D eigenvalue weighted by molar-refractivity contribution is 9.10. The van der Waals surface area contributed by atoms with Gasteiger partial charge in [-0.05, 0) is 47.1 Å². The van der Waals surface area contributed by atoms with Crippen molar-refractivity contribution in [3.05, 3.63) is 46.3 Å². The Bertz CT molecular complexity index is 599. The number of hydrogen-bond acceptors (Lipinski definition) is 3. The molecule has 0 spiro atoms. The molecule has 0 amide bonds. The van der Waals surface area contributed by atoms with E-state index in [0.717, 1.165) is 6.07 Å². The molecule has 2 aromatic heterocycles. The minimum absolute atomic E-state index is 0.103. The molecule has 100 valence electrons. The van der Waals surface area contributed by atoms with Gasteiger partial charge >= 0.3 is 6.18 Å². The fourth-order valence-electron chi connectivity index (χ4n) is 1.43. The number of aryl methyl sites for hydroxylation is 1. The van der Waals surface area contributed by atoms with Crippen molar-refractivity contribution in [2.45, 2.75) is 13.1 Å². The quantitative estimate of drug-likeness (QED) is 0.891. The van der Waals surface area contributed by atoms with Gasteiger partial charge in [0.15, 0.2) is 0 Å². The average molecular weight is 332 g/mol. The predicted octanol–water partition coefficient (Wildman–Crippen LogP) is 4.31. The first-order chi connectivity index (χ1) is 8.88. The summed E-state index contributed by atoms with van der Waals surface area (Å²) in [7, 11) is 0. The minimum atomic E-state index is -4.47. The van der Waals surface area contributed by atoms with Crippen molar-refractivity contribution in [1.29, 1.82) is 0 Å². The molecule has 7 heteroatoms. The molecule has 19 heavy (non-hydrogen) atoms. The van der Waals surface area contributed by atoms with Gasteiger partial charge < -0.3 is 5.32 Å². The third-order valence-corrected chi connectivity index (χ3v) is 3.04. The van der Waals surface area contributed by atoms with Gasteiger partial charge in [0.05, 0.1) is 15.9 Å². The molecule has 2 heterocycles. The van der Waals surface area contributed by atoms with Crippen LogP contribution in [0.5, 0.6) is 0 Å². The number of anilines is 2. The topological polar surface area (TPSA) is 37.8 Å². The molecule has 0 saturated carbocycles. The van der Waals surface area contributed by atoms with Crippen LogP contribution in [0, 0.1) is 6.92 Å². The first-order valence-corrected chi connectivity index (χ1v) is 6.09. The lowest BCUT2D eigenvalue weighted by molar-refractivity contribution is -0.141. The summed E-state index contributed by atoms with van der Waals surface area (Å²) in [6, 6.07) is 5.64. The van der Waals surface area contributed by atoms with Crippen molar-refractivity contribution >= 4 is 27.4 Å². The summed E-state index contributed by atoms with van der Waals surface area (Å²) in [6.45, 7) is 1.75. The van der Waals surface area contributed by atoms with Gasteiger partial charge in [-0.15, -0.1) is 0 Å². The predicted molar refractivity (Wildman–Crippen MR) is 69.2 cm³/mol. The van der Waals surface area contributed by atoms with Crippen LogP contribution in [-0.2, 0) is 6.18 Å². The molecule has 0 radical (unpaired) electrons. The summed E-state index contributed by atoms with van der Waals surface area (Å²) < 4.78 is 38.2. The van der Waals surface area contributed by atoms with Crippen LogP contribution in [0.1, 0.15) is 11.4 Å². The molecule has 1 N–H and O–H groups in total. The van der Waals surface area contributed by atoms with Gasteiger partial charge in [0.25, 0.3) is 0 Å². The smallest absolute Gasteiger partial charge is 0.338 e. The summed E-state index contributed by atoms with van der Waals surface area (Å²) >= 11 is 3.17. The zero-order chi connectivity index (χ0) is 14.0. The Kier molecular flexibility index (Phi) is 3.75. The van der Waals surface area contributed by atoms with Gasteiger partial charge in [-0.25, -0.2) is 4.98 Å². The number of pyridine rings is 2. The second-order valence-electron chi connectivity index (χ2n) is 3.79. The van der Waals surface area contributed by atoms with Crippen molar-refractivity contribution in [1.82, 2.24) is 9.97 Å². The summed E-state index contributed by atoms with van der Waals surface area (Å²) in [5, 5.41) is 2.83. The average Bonchev–Trinajstić information content (AvgIpc) is 2.33. The van der Waals surface area contributed by atoms with E-state index in [1.807, 2.05) is 0 Å². The standard InChI is InChI=1S/C12H9BrF3N3/c1-7-9(3-2-6-17-7)18-11-8(13)4-5-10(19-11)12(14,15)16/h2-6H,1H3,(H,18,19). The molecule has 2 aromatic rings. The molecule has 2 rings (SSSR count). The lowest BCUT2D eigenvalue weighted by atomic mass is 10.3. The van der Waals surface area contributed by atoms with Gasteiger partial charge in [-0.2, -0.15) is 13.2 Å². The van der Waals surface area contributed by atoms with E-state index in [1.54, 1.807) is 25.3 Å². The molecule has 0 aliphatic rings. The Morgan fingerprint density at radius 2 is 1.95 bits per heavy atom. The third kappa shape index (κ3) is 3.23. The Morgan fingerprint density at radius 3 is 2.58 bits per heavy atom. The number of halogens is 4. The van der Waals surface area contributed by atoms with Crippen LogP contribution in [0.25, 0.3) is 0 Å². The normalized spacial score (nSPS) is 11.4. The van der Waals surface area contributed by atoms with Crippen LogP contribution in [0.3, 0.4) is 0 Å². The van der Waals surface area contributed by atoms with Crippen molar-refractivity contribution in [2.75, 3.05) is 5.32 Å². The number of rotatable bonds is 2. The van der Waals surface area contributed by atoms with E-state index in [9.17, 15) is 13.2 Å². The van der Waals surface area contributed by atoms with Crippen LogP contribution >= 0.6 is 15.9 Å². The molecule has 0 aliphatic carbocycles. The molecule has 0 aliphatic heterocycles. The van der Waals surface area contributed by atoms with Crippen molar-refractivity contribution in [2.24, 2.45) is 0 Å². The maximum Gasteiger partial charge on any atom is 0.433 e. The summed E-state index contributed by atoms with van der Waals surface area (Å²) in [5.41, 5.74) is 0.336. The largest absolute Gasteiger partial charge is 0.433 e. The Hall–Kier alpha value is -1.63. The van der Waals surface area contributed by atoms with E-state index in [4.69, 9.17) is 0 Å². The Labute approximate surface area is 116 Å². The van der Waals surface area contributed by atoms with Crippen LogP contribution in [0.15, 0.2) is 34.9 Å². The maximum absolute atomic E-state index is 12.6. The van der Waals surface area contributed by atoms with E-state index in [0.29, 0.717) is 15.9 Å². The van der Waals surface area contributed by atoms with Crippen LogP contribution < -0.4 is 5.32 Å². The van der Waals surface area contributed by atoms with Gasteiger partial charge in [0, 0.05) is 6.20 Å². The second-order valence-corrected chi connectivity index (χ2v) is 4.64. The lowest BCUT2D eigenvalue weighted by Gasteiger charge is -2.12. The number of nitrogens with zero attached hydrogens (tertiary/aromatic N) is 2. The molecular weight excluding hydrogens is 323 g/mol. The molecule has 0 fully saturated rings. The van der Waals surface area contributed by atoms with Crippen molar-refractivity contribution in [3.8, 4) is 0 Å². The molecule has 0 aromatic carbocycles. The van der Waals surface area contributed by atoms with E-state index in [2.05, 4.69) is 31.2 Å². The zero-order valence-corrected chi connectivity index (χ0v) is 11.4. The van der Waals surface area contributed by atoms with Gasteiger partial charge in [0.1, 0.15) is 11.5 Å². The number of nitrogens with one attached hydrogen (secondary N) is 1. The molecule has 3 nitrogen and oxygen atoms in total. The van der Waals surface area contributed by atoms with Gasteiger partial charge in [-0.1, -0.05) is 0 Å². The fraction of sp³-hybridized carbons (Fsp3) is 0.167. The number of aromatic nitrogens is 2. The van der Waals surface area contributed by atoms with Gasteiger partial charge in [-0.3, -0.25) is 4.98 Å². The highest BCUT2D eigenvalue weighted by Gasteiger charge is 2.33. The summed E-state index contributed by atoms with van der Waals surface area (Å²) in [6.07, 6.45) is -2.86. The number of alkyl halides is 3. The van der Waals surface area contributed by atoms with Crippen molar-refractivity contribution in [3.63, 3.8) is 0 Å². The lowest BCUT2D eigenvalue weighted by Crippen LogP contribution is -2.09. The van der Waals surface area contributed by atoms with Crippen LogP contribution in [-0.4, -0.2) is 9.97 Å². The van der Waals surface area contributed by atoms with Gasteiger partial charge in [0.2, 0.25) is 0 Å². The van der Waals surface area contributed by atoms with Crippen LogP contribution in [0.2, 0.25) is 0 Å². The van der Waals surface area contributed by atoms with E-state index in [-0.39, 0.29) is 5.82 Å². The van der Waals surface area contributed by atoms with E-state index >= 15 is 0 Å². The van der Waals surface area contributed by atoms with Crippen molar-refractivity contribution < 1.29 is 13.2 Å². The monoisotopic (exact) mass is 331 g/mol. The molecule has 0 bridgehead atoms. The zero-order valence-electron chi connectivity index (χ0n) is 9.79. The molecule has 0 saturated heterocycles.